The van der Waals surface area contributed by atoms with Gasteiger partial charge in [-0.3, -0.25) is 14.4 Å². The Morgan fingerprint density at radius 3 is 2.23 bits per heavy atom. The Morgan fingerprint density at radius 2 is 1.61 bits per heavy atom. The molecule has 1 aliphatic heterocycles. The van der Waals surface area contributed by atoms with Crippen molar-refractivity contribution in [2.24, 2.45) is 11.8 Å². The molecule has 9 nitrogen and oxygen atoms in total. The number of nitrogens with zero attached hydrogens (tertiary/aromatic N) is 9. The van der Waals surface area contributed by atoms with Crippen LogP contribution < -0.4 is 4.90 Å². The van der Waals surface area contributed by atoms with E-state index in [0.29, 0.717) is 35.8 Å². The van der Waals surface area contributed by atoms with Gasteiger partial charge in [-0.2, -0.15) is 31.3 Å². The summed E-state index contributed by atoms with van der Waals surface area (Å²) in [5, 5.41) is 8.27. The van der Waals surface area contributed by atoms with Gasteiger partial charge in [-0.15, -0.1) is 10.2 Å². The van der Waals surface area contributed by atoms with E-state index >= 15 is 0 Å². The summed E-state index contributed by atoms with van der Waals surface area (Å²) in [7, 11) is 3.94. The Kier molecular flexibility index (Phi) is 7.54. The van der Waals surface area contributed by atoms with Gasteiger partial charge in [0.25, 0.3) is 5.78 Å². The summed E-state index contributed by atoms with van der Waals surface area (Å²) in [6.07, 6.45) is -5.56. The highest BCUT2D eigenvalue weighted by Gasteiger charge is 2.52. The van der Waals surface area contributed by atoms with Crippen molar-refractivity contribution >= 4 is 22.8 Å². The number of aromatic nitrogens is 6. The van der Waals surface area contributed by atoms with E-state index in [-0.39, 0.29) is 37.0 Å². The second kappa shape index (κ2) is 10.9. The lowest BCUT2D eigenvalue weighted by molar-refractivity contribution is -0.211. The van der Waals surface area contributed by atoms with Gasteiger partial charge in [0, 0.05) is 31.2 Å². The molecule has 0 N–H and O–H groups in total. The molecule has 238 valence electrons. The number of alkyl halides is 6. The standard InChI is InChI=1S/C29H35F6N9/c1-16-13-42(25-23-26(44-15-37-39-27(44)38-25)43(14-36-23)18(3)40(4)5)17(2)12-41(16)24(20-10-22(11-20)29(33,34)35)19-6-8-21(9-7-19)28(30,31)32/h6-9,14-18,20,22,24H,10-13H2,1-5H3/t16-,17+,18?,20?,22?,24?/m1/s1. The van der Waals surface area contributed by atoms with Crippen LogP contribution >= 0.6 is 0 Å². The van der Waals surface area contributed by atoms with E-state index in [9.17, 15) is 26.3 Å². The molecule has 0 radical (unpaired) electrons. The first-order valence-electron chi connectivity index (χ1n) is 14.6. The van der Waals surface area contributed by atoms with Crippen LogP contribution in [0.5, 0.6) is 0 Å². The number of benzene rings is 1. The molecule has 6 rings (SSSR count). The zero-order chi connectivity index (χ0) is 31.7. The van der Waals surface area contributed by atoms with E-state index in [1.807, 2.05) is 44.3 Å². The Hall–Kier alpha value is -3.46. The molecule has 44 heavy (non-hydrogen) atoms. The van der Waals surface area contributed by atoms with Crippen molar-refractivity contribution < 1.29 is 26.3 Å². The van der Waals surface area contributed by atoms with Gasteiger partial charge >= 0.3 is 12.4 Å². The van der Waals surface area contributed by atoms with Gasteiger partial charge in [-0.1, -0.05) is 12.1 Å². The molecule has 4 aromatic rings. The quantitative estimate of drug-likeness (QED) is 0.252. The third kappa shape index (κ3) is 5.27. The minimum atomic E-state index is -4.50. The van der Waals surface area contributed by atoms with Crippen LogP contribution in [0.1, 0.15) is 56.9 Å². The maximum absolute atomic E-state index is 13.5. The highest BCUT2D eigenvalue weighted by molar-refractivity contribution is 5.86. The van der Waals surface area contributed by atoms with Crippen molar-refractivity contribution in [3.63, 3.8) is 0 Å². The Balaban J connectivity index is 1.34. The van der Waals surface area contributed by atoms with Crippen LogP contribution in [-0.2, 0) is 6.18 Å². The van der Waals surface area contributed by atoms with Crippen molar-refractivity contribution in [2.45, 2.75) is 70.3 Å². The predicted octanol–water partition coefficient (Wildman–Crippen LogP) is 5.80. The van der Waals surface area contributed by atoms with Crippen molar-refractivity contribution in [3.8, 4) is 0 Å². The fourth-order valence-corrected chi connectivity index (χ4v) is 6.70. The van der Waals surface area contributed by atoms with E-state index in [4.69, 9.17) is 9.97 Å². The molecule has 2 unspecified atom stereocenters. The largest absolute Gasteiger partial charge is 0.416 e. The first kappa shape index (κ1) is 30.6. The summed E-state index contributed by atoms with van der Waals surface area (Å²) >= 11 is 0. The fraction of sp³-hybridized carbons (Fsp3) is 0.586. The molecule has 1 aliphatic carbocycles. The van der Waals surface area contributed by atoms with Crippen LogP contribution in [0, 0.1) is 11.8 Å². The normalized spacial score (nSPS) is 25.1. The van der Waals surface area contributed by atoms with Crippen LogP contribution in [0.4, 0.5) is 32.2 Å². The highest BCUT2D eigenvalue weighted by atomic mass is 19.4. The third-order valence-electron chi connectivity index (χ3n) is 9.42. The van der Waals surface area contributed by atoms with Gasteiger partial charge in [0.15, 0.2) is 11.5 Å². The second-order valence-corrected chi connectivity index (χ2v) is 12.4. The molecule has 1 saturated carbocycles. The van der Waals surface area contributed by atoms with Crippen molar-refractivity contribution in [2.75, 3.05) is 32.1 Å². The van der Waals surface area contributed by atoms with Crippen LogP contribution in [0.2, 0.25) is 0 Å². The molecule has 0 bridgehead atoms. The van der Waals surface area contributed by atoms with E-state index in [0.717, 1.165) is 17.8 Å². The number of rotatable bonds is 6. The molecule has 1 aromatic carbocycles. The predicted molar refractivity (Wildman–Crippen MR) is 152 cm³/mol. The molecular weight excluding hydrogens is 588 g/mol. The van der Waals surface area contributed by atoms with Crippen molar-refractivity contribution in [3.05, 3.63) is 48.0 Å². The number of fused-ring (bicyclic) bond motifs is 3. The van der Waals surface area contributed by atoms with E-state index in [1.165, 1.54) is 12.1 Å². The lowest BCUT2D eigenvalue weighted by Gasteiger charge is -2.52. The van der Waals surface area contributed by atoms with Crippen LogP contribution in [-0.4, -0.2) is 84.4 Å². The molecule has 1 saturated heterocycles. The summed E-state index contributed by atoms with van der Waals surface area (Å²) in [5.41, 5.74) is 1.27. The summed E-state index contributed by atoms with van der Waals surface area (Å²) in [6, 6.07) is 4.12. The number of hydrogen-bond acceptors (Lipinski definition) is 7. The van der Waals surface area contributed by atoms with Crippen molar-refractivity contribution in [1.29, 1.82) is 0 Å². The summed E-state index contributed by atoms with van der Waals surface area (Å²) < 4.78 is 84.2. The maximum Gasteiger partial charge on any atom is 0.416 e. The smallest absolute Gasteiger partial charge is 0.349 e. The lowest BCUT2D eigenvalue weighted by Crippen LogP contribution is -2.59. The fourth-order valence-electron chi connectivity index (χ4n) is 6.70. The molecule has 15 heteroatoms. The molecule has 2 fully saturated rings. The number of imidazole rings is 1. The summed E-state index contributed by atoms with van der Waals surface area (Å²) in [6.45, 7) is 7.01. The molecule has 0 amide bonds. The molecule has 4 heterocycles. The summed E-state index contributed by atoms with van der Waals surface area (Å²) in [5.74, 6) is -0.681. The number of hydrogen-bond donors (Lipinski definition) is 0. The maximum atomic E-state index is 13.5. The monoisotopic (exact) mass is 623 g/mol. The number of anilines is 1. The van der Waals surface area contributed by atoms with Gasteiger partial charge in [0.05, 0.1) is 24.0 Å². The minimum Gasteiger partial charge on any atom is -0.349 e. The minimum absolute atomic E-state index is 0.0264. The SMILES string of the molecule is CC(N(C)C)n1cnc2c(N3C[C@@H](C)N(C(c4ccc(C(F)(F)F)cc4)C4CC(C(F)(F)F)C4)C[C@@H]3C)nc3nncn3c21. The Labute approximate surface area is 250 Å². The van der Waals surface area contributed by atoms with E-state index < -0.39 is 29.9 Å². The van der Waals surface area contributed by atoms with Gasteiger partial charge in [0.2, 0.25) is 0 Å². The Morgan fingerprint density at radius 1 is 0.932 bits per heavy atom. The third-order valence-corrected chi connectivity index (χ3v) is 9.42. The van der Waals surface area contributed by atoms with Crippen LogP contribution in [0.25, 0.3) is 16.9 Å². The zero-order valence-electron chi connectivity index (χ0n) is 25.0. The topological polar surface area (TPSA) is 70.6 Å². The van der Waals surface area contributed by atoms with Crippen LogP contribution in [0.3, 0.4) is 0 Å². The average molecular weight is 624 g/mol. The van der Waals surface area contributed by atoms with Crippen molar-refractivity contribution in [1.82, 2.24) is 38.9 Å². The molecule has 4 atom stereocenters. The van der Waals surface area contributed by atoms with Gasteiger partial charge in [-0.25, -0.2) is 9.38 Å². The van der Waals surface area contributed by atoms with Gasteiger partial charge in [-0.05, 0) is 71.3 Å². The number of halogens is 6. The average Bonchev–Trinajstić information content (AvgIpc) is 3.56. The number of piperazine rings is 1. The van der Waals surface area contributed by atoms with Gasteiger partial charge in [0.1, 0.15) is 11.8 Å². The lowest BCUT2D eigenvalue weighted by atomic mass is 9.68. The molecule has 0 spiro atoms. The van der Waals surface area contributed by atoms with E-state index in [1.54, 1.807) is 17.1 Å². The first-order chi connectivity index (χ1) is 20.6. The molecule has 3 aromatic heterocycles. The van der Waals surface area contributed by atoms with Crippen LogP contribution in [0.15, 0.2) is 36.9 Å². The first-order valence-corrected chi connectivity index (χ1v) is 14.6. The highest BCUT2D eigenvalue weighted by Crippen LogP contribution is 2.52. The Bertz CT molecular complexity index is 1620. The molecular formula is C29H35F6N9. The summed E-state index contributed by atoms with van der Waals surface area (Å²) in [4.78, 5) is 15.9. The van der Waals surface area contributed by atoms with E-state index in [2.05, 4.69) is 20.0 Å². The molecule has 2 aliphatic rings. The zero-order valence-corrected chi connectivity index (χ0v) is 25.0. The van der Waals surface area contributed by atoms with Gasteiger partial charge < -0.3 is 4.90 Å². The second-order valence-electron chi connectivity index (χ2n) is 12.4.